The molecule has 1 heterocycles. The number of alkyl halides is 3. The van der Waals surface area contributed by atoms with Crippen molar-refractivity contribution in [3.63, 3.8) is 0 Å². The standard InChI is InChI=1S/C12H13BrF4N2/c13-10-7-8(14)1-2-9(10)11(12(15,16)17)19-5-3-18-4-6-19/h1-2,7,11,18H,3-6H2/t11-/m0/s1. The van der Waals surface area contributed by atoms with Crippen LogP contribution in [0.15, 0.2) is 22.7 Å². The first kappa shape index (κ1) is 14.7. The highest BCUT2D eigenvalue weighted by Gasteiger charge is 2.45. The maximum absolute atomic E-state index is 13.3. The number of nitrogens with one attached hydrogen (secondary N) is 1. The van der Waals surface area contributed by atoms with E-state index in [2.05, 4.69) is 21.2 Å². The Balaban J connectivity index is 2.36. The summed E-state index contributed by atoms with van der Waals surface area (Å²) < 4.78 is 53.0. The Bertz CT molecular complexity index is 444. The quantitative estimate of drug-likeness (QED) is 0.832. The molecule has 0 bridgehead atoms. The van der Waals surface area contributed by atoms with Crippen LogP contribution in [0.1, 0.15) is 11.6 Å². The molecule has 2 nitrogen and oxygen atoms in total. The first-order valence-electron chi connectivity index (χ1n) is 5.86. The summed E-state index contributed by atoms with van der Waals surface area (Å²) in [6.45, 7) is 1.67. The Morgan fingerprint density at radius 2 is 1.84 bits per heavy atom. The summed E-state index contributed by atoms with van der Waals surface area (Å²) in [5.74, 6) is -0.558. The maximum Gasteiger partial charge on any atom is 0.408 e. The lowest BCUT2D eigenvalue weighted by Gasteiger charge is -2.36. The van der Waals surface area contributed by atoms with Crippen molar-refractivity contribution in [2.24, 2.45) is 0 Å². The second kappa shape index (κ2) is 5.76. The van der Waals surface area contributed by atoms with Gasteiger partial charge in [-0.3, -0.25) is 4.90 Å². The van der Waals surface area contributed by atoms with Crippen LogP contribution in [0.5, 0.6) is 0 Å². The average Bonchev–Trinajstić information content (AvgIpc) is 2.32. The number of piperazine rings is 1. The summed E-state index contributed by atoms with van der Waals surface area (Å²) >= 11 is 3.02. The molecule has 0 amide bonds. The van der Waals surface area contributed by atoms with Crippen LogP contribution in [0.4, 0.5) is 17.6 Å². The summed E-state index contributed by atoms with van der Waals surface area (Å²) in [6, 6.07) is 1.61. The van der Waals surface area contributed by atoms with Crippen molar-refractivity contribution in [1.29, 1.82) is 0 Å². The van der Waals surface area contributed by atoms with E-state index in [4.69, 9.17) is 0 Å². The molecule has 19 heavy (non-hydrogen) atoms. The van der Waals surface area contributed by atoms with E-state index < -0.39 is 18.0 Å². The van der Waals surface area contributed by atoms with E-state index in [1.807, 2.05) is 0 Å². The zero-order valence-corrected chi connectivity index (χ0v) is 11.6. The highest BCUT2D eigenvalue weighted by atomic mass is 79.9. The molecule has 1 aromatic rings. The Kier molecular flexibility index (Phi) is 4.47. The highest BCUT2D eigenvalue weighted by Crippen LogP contribution is 2.40. The van der Waals surface area contributed by atoms with E-state index in [0.717, 1.165) is 12.1 Å². The lowest BCUT2D eigenvalue weighted by Crippen LogP contribution is -2.49. The molecule has 1 aromatic carbocycles. The fourth-order valence-electron chi connectivity index (χ4n) is 2.24. The number of hydrogen-bond donors (Lipinski definition) is 1. The zero-order chi connectivity index (χ0) is 14.0. The van der Waals surface area contributed by atoms with Gasteiger partial charge >= 0.3 is 6.18 Å². The van der Waals surface area contributed by atoms with E-state index in [0.29, 0.717) is 26.2 Å². The van der Waals surface area contributed by atoms with Crippen molar-refractivity contribution in [2.75, 3.05) is 26.2 Å². The van der Waals surface area contributed by atoms with Gasteiger partial charge in [0.25, 0.3) is 0 Å². The van der Waals surface area contributed by atoms with E-state index in [-0.39, 0.29) is 10.0 Å². The fraction of sp³-hybridized carbons (Fsp3) is 0.500. The SMILES string of the molecule is Fc1ccc([C@H](N2CCNCC2)C(F)(F)F)c(Br)c1. The molecule has 1 N–H and O–H groups in total. The monoisotopic (exact) mass is 340 g/mol. The number of halogens is 5. The van der Waals surface area contributed by atoms with Gasteiger partial charge in [-0.25, -0.2) is 4.39 Å². The number of rotatable bonds is 2. The van der Waals surface area contributed by atoms with Gasteiger partial charge in [-0.1, -0.05) is 22.0 Å². The molecule has 0 aromatic heterocycles. The molecule has 0 spiro atoms. The van der Waals surface area contributed by atoms with Crippen LogP contribution in [0.3, 0.4) is 0 Å². The minimum absolute atomic E-state index is 0.0517. The zero-order valence-electron chi connectivity index (χ0n) is 9.97. The summed E-state index contributed by atoms with van der Waals surface area (Å²) in [7, 11) is 0. The number of hydrogen-bond acceptors (Lipinski definition) is 2. The lowest BCUT2D eigenvalue weighted by molar-refractivity contribution is -0.188. The molecule has 2 rings (SSSR count). The van der Waals surface area contributed by atoms with E-state index in [9.17, 15) is 17.6 Å². The Morgan fingerprint density at radius 1 is 1.21 bits per heavy atom. The van der Waals surface area contributed by atoms with Gasteiger partial charge in [0.1, 0.15) is 11.9 Å². The van der Waals surface area contributed by atoms with Crippen LogP contribution in [-0.4, -0.2) is 37.3 Å². The molecule has 106 valence electrons. The largest absolute Gasteiger partial charge is 0.408 e. The van der Waals surface area contributed by atoms with Gasteiger partial charge in [-0.2, -0.15) is 13.2 Å². The summed E-state index contributed by atoms with van der Waals surface area (Å²) in [5, 5.41) is 3.02. The van der Waals surface area contributed by atoms with Crippen LogP contribution in [-0.2, 0) is 0 Å². The van der Waals surface area contributed by atoms with Crippen LogP contribution in [0.25, 0.3) is 0 Å². The predicted molar refractivity (Wildman–Crippen MR) is 67.3 cm³/mol. The van der Waals surface area contributed by atoms with Crippen molar-refractivity contribution in [2.45, 2.75) is 12.2 Å². The van der Waals surface area contributed by atoms with Crippen molar-refractivity contribution >= 4 is 15.9 Å². The van der Waals surface area contributed by atoms with Gasteiger partial charge in [0, 0.05) is 30.7 Å². The Morgan fingerprint density at radius 3 is 2.37 bits per heavy atom. The molecule has 0 saturated carbocycles. The van der Waals surface area contributed by atoms with Gasteiger partial charge in [-0.05, 0) is 17.7 Å². The van der Waals surface area contributed by atoms with Crippen molar-refractivity contribution in [3.05, 3.63) is 34.1 Å². The number of benzene rings is 1. The summed E-state index contributed by atoms with van der Waals surface area (Å²) in [4.78, 5) is 1.37. The van der Waals surface area contributed by atoms with Crippen LogP contribution in [0.2, 0.25) is 0 Å². The molecular weight excluding hydrogens is 328 g/mol. The van der Waals surface area contributed by atoms with E-state index in [1.54, 1.807) is 0 Å². The third kappa shape index (κ3) is 3.46. The second-order valence-corrected chi connectivity index (χ2v) is 5.25. The van der Waals surface area contributed by atoms with Crippen LogP contribution in [0, 0.1) is 5.82 Å². The van der Waals surface area contributed by atoms with Crippen molar-refractivity contribution in [1.82, 2.24) is 10.2 Å². The average molecular weight is 341 g/mol. The third-order valence-corrected chi connectivity index (χ3v) is 3.77. The lowest BCUT2D eigenvalue weighted by atomic mass is 10.0. The van der Waals surface area contributed by atoms with E-state index in [1.165, 1.54) is 11.0 Å². The molecule has 1 saturated heterocycles. The van der Waals surface area contributed by atoms with Crippen molar-refractivity contribution < 1.29 is 17.6 Å². The third-order valence-electron chi connectivity index (χ3n) is 3.08. The van der Waals surface area contributed by atoms with Gasteiger partial charge in [-0.15, -0.1) is 0 Å². The minimum atomic E-state index is -4.39. The van der Waals surface area contributed by atoms with Gasteiger partial charge in [0.2, 0.25) is 0 Å². The first-order chi connectivity index (χ1) is 8.89. The molecule has 1 fully saturated rings. The van der Waals surface area contributed by atoms with Gasteiger partial charge in [0.05, 0.1) is 0 Å². The molecule has 0 aliphatic carbocycles. The first-order valence-corrected chi connectivity index (χ1v) is 6.65. The molecular formula is C12H13BrF4N2. The molecule has 1 atom stereocenters. The maximum atomic E-state index is 13.3. The Hall–Kier alpha value is -0.660. The molecule has 1 aliphatic heterocycles. The molecule has 7 heteroatoms. The Labute approximate surface area is 116 Å². The second-order valence-electron chi connectivity index (χ2n) is 4.40. The predicted octanol–water partition coefficient (Wildman–Crippen LogP) is 3.10. The molecule has 0 unspecified atom stereocenters. The number of nitrogens with zero attached hydrogens (tertiary/aromatic N) is 1. The van der Waals surface area contributed by atoms with Crippen LogP contribution >= 0.6 is 15.9 Å². The molecule has 1 aliphatic rings. The smallest absolute Gasteiger partial charge is 0.314 e. The van der Waals surface area contributed by atoms with Gasteiger partial charge in [0.15, 0.2) is 0 Å². The fourth-order valence-corrected chi connectivity index (χ4v) is 2.81. The normalized spacial score (nSPS) is 19.4. The summed E-state index contributed by atoms with van der Waals surface area (Å²) in [6.07, 6.45) is -4.39. The summed E-state index contributed by atoms with van der Waals surface area (Å²) in [5.41, 5.74) is 0.0517. The van der Waals surface area contributed by atoms with E-state index >= 15 is 0 Å². The van der Waals surface area contributed by atoms with Crippen molar-refractivity contribution in [3.8, 4) is 0 Å². The van der Waals surface area contributed by atoms with Crippen LogP contribution < -0.4 is 5.32 Å². The highest BCUT2D eigenvalue weighted by molar-refractivity contribution is 9.10. The topological polar surface area (TPSA) is 15.3 Å². The molecule has 0 radical (unpaired) electrons. The minimum Gasteiger partial charge on any atom is -0.314 e. The van der Waals surface area contributed by atoms with Gasteiger partial charge < -0.3 is 5.32 Å².